The Hall–Kier alpha value is -8.14. The molecule has 10 aromatic carbocycles. The molecule has 358 valence electrons. The van der Waals surface area contributed by atoms with Crippen LogP contribution in [0, 0.1) is 0 Å². The van der Waals surface area contributed by atoms with Crippen LogP contribution in [0.25, 0.3) is 99.2 Å². The lowest BCUT2D eigenvalue weighted by atomic mass is 9.72. The van der Waals surface area contributed by atoms with Gasteiger partial charge in [0.05, 0.1) is 5.69 Å². The summed E-state index contributed by atoms with van der Waals surface area (Å²) in [6.07, 6.45) is 0. The highest BCUT2D eigenvalue weighted by molar-refractivity contribution is 6.22. The normalized spacial score (nSPS) is 15.4. The molecule has 0 N–H and O–H groups in total. The van der Waals surface area contributed by atoms with Gasteiger partial charge in [-0.2, -0.15) is 0 Å². The summed E-state index contributed by atoms with van der Waals surface area (Å²) >= 11 is 0. The van der Waals surface area contributed by atoms with Crippen molar-refractivity contribution in [2.45, 2.75) is 84.0 Å². The Balaban J connectivity index is 0.968. The van der Waals surface area contributed by atoms with Crippen molar-refractivity contribution in [1.82, 2.24) is 0 Å². The van der Waals surface area contributed by atoms with Gasteiger partial charge in [-0.25, -0.2) is 0 Å². The van der Waals surface area contributed by atoms with Crippen molar-refractivity contribution in [1.29, 1.82) is 0 Å². The molecule has 0 spiro atoms. The Morgan fingerprint density at radius 3 is 1.59 bits per heavy atom. The van der Waals surface area contributed by atoms with Crippen LogP contribution < -0.4 is 4.90 Å². The van der Waals surface area contributed by atoms with Gasteiger partial charge in [0.15, 0.2) is 0 Å². The Kier molecular flexibility index (Phi) is 8.54. The van der Waals surface area contributed by atoms with Gasteiger partial charge in [0.25, 0.3) is 0 Å². The fourth-order valence-electron chi connectivity index (χ4n) is 14.3. The lowest BCUT2D eigenvalue weighted by Crippen LogP contribution is -2.24. The maximum Gasteiger partial charge on any atom is 0.144 e. The number of para-hydroxylation sites is 2. The van der Waals surface area contributed by atoms with Crippen molar-refractivity contribution in [2.24, 2.45) is 0 Å². The van der Waals surface area contributed by atoms with Crippen LogP contribution in [0.1, 0.15) is 101 Å². The number of nitrogens with zero attached hydrogens (tertiary/aromatic N) is 1. The van der Waals surface area contributed by atoms with Crippen LogP contribution in [0.4, 0.5) is 17.1 Å². The molecule has 74 heavy (non-hydrogen) atoms. The van der Waals surface area contributed by atoms with Gasteiger partial charge < -0.3 is 13.7 Å². The Labute approximate surface area is 432 Å². The highest BCUT2D eigenvalue weighted by atomic mass is 16.3. The standard InChI is InChI=1S/C71H57NO2/c1-68(2,3)51-28-16-12-24-44(51)50-39-55-59(61-48-26-14-18-31-57(48)73-66(50)61)46-35-33-41(37-53(46)69(55,4)5)72(56-30-20-22-40-21-10-11-23-43(40)56)42-34-36-47-54(38-42)71(8,9)64-60(47)62-49-27-15-19-32-58(49)74-67(62)63-45-25-13-17-29-52(45)70(6,7)65(63)64/h10-39H,1-9H3. The van der Waals surface area contributed by atoms with Gasteiger partial charge in [-0.3, -0.25) is 0 Å². The zero-order valence-electron chi connectivity index (χ0n) is 43.6. The number of fused-ring (bicyclic) bond motifs is 20. The summed E-state index contributed by atoms with van der Waals surface area (Å²) in [5.74, 6) is 0. The number of hydrogen-bond acceptors (Lipinski definition) is 3. The predicted octanol–water partition coefficient (Wildman–Crippen LogP) is 20.0. The second kappa shape index (κ2) is 14.5. The zero-order valence-corrected chi connectivity index (χ0v) is 43.6. The van der Waals surface area contributed by atoms with Gasteiger partial charge in [0.2, 0.25) is 0 Å². The minimum atomic E-state index is -0.343. The molecule has 15 rings (SSSR count). The molecular weight excluding hydrogens is 899 g/mol. The van der Waals surface area contributed by atoms with Gasteiger partial charge in [0.1, 0.15) is 22.3 Å². The lowest BCUT2D eigenvalue weighted by Gasteiger charge is -2.32. The van der Waals surface area contributed by atoms with Crippen molar-refractivity contribution in [2.75, 3.05) is 4.90 Å². The maximum absolute atomic E-state index is 7.02. The summed E-state index contributed by atoms with van der Waals surface area (Å²) in [6.45, 7) is 21.5. The average Bonchev–Trinajstić information content (AvgIpc) is 4.16. The highest BCUT2D eigenvalue weighted by Gasteiger charge is 2.49. The Morgan fingerprint density at radius 2 is 0.892 bits per heavy atom. The van der Waals surface area contributed by atoms with Crippen LogP contribution in [0.3, 0.4) is 0 Å². The summed E-state index contributed by atoms with van der Waals surface area (Å²) in [6, 6.07) is 67.8. The minimum absolute atomic E-state index is 0.0652. The monoisotopic (exact) mass is 955 g/mol. The van der Waals surface area contributed by atoms with Gasteiger partial charge in [0, 0.05) is 65.7 Å². The van der Waals surface area contributed by atoms with Gasteiger partial charge >= 0.3 is 0 Å². The molecule has 12 aromatic rings. The van der Waals surface area contributed by atoms with E-state index < -0.39 is 0 Å². The number of rotatable bonds is 4. The fourth-order valence-corrected chi connectivity index (χ4v) is 14.3. The summed E-state index contributed by atoms with van der Waals surface area (Å²) in [5.41, 5.74) is 25.7. The Bertz CT molecular complexity index is 4440. The van der Waals surface area contributed by atoms with Crippen LogP contribution in [0.15, 0.2) is 191 Å². The third kappa shape index (κ3) is 5.57. The molecular formula is C71H57NO2. The molecule has 2 heterocycles. The molecule has 0 atom stereocenters. The lowest BCUT2D eigenvalue weighted by molar-refractivity contribution is 0.591. The van der Waals surface area contributed by atoms with E-state index in [-0.39, 0.29) is 21.7 Å². The summed E-state index contributed by atoms with van der Waals surface area (Å²) in [7, 11) is 0. The molecule has 0 saturated carbocycles. The molecule has 3 nitrogen and oxygen atoms in total. The van der Waals surface area contributed by atoms with E-state index in [0.29, 0.717) is 0 Å². The largest absolute Gasteiger partial charge is 0.455 e. The molecule has 0 unspecified atom stereocenters. The molecule has 0 bridgehead atoms. The van der Waals surface area contributed by atoms with Crippen LogP contribution >= 0.6 is 0 Å². The van der Waals surface area contributed by atoms with Crippen molar-refractivity contribution in [3.8, 4) is 44.5 Å². The quantitative estimate of drug-likeness (QED) is 0.176. The molecule has 3 heteroatoms. The first-order chi connectivity index (χ1) is 35.6. The van der Waals surface area contributed by atoms with Crippen LogP contribution in [-0.4, -0.2) is 0 Å². The number of anilines is 3. The maximum atomic E-state index is 7.02. The topological polar surface area (TPSA) is 29.5 Å². The van der Waals surface area contributed by atoms with Crippen LogP contribution in [0.5, 0.6) is 0 Å². The van der Waals surface area contributed by atoms with Gasteiger partial charge in [-0.1, -0.05) is 196 Å². The van der Waals surface area contributed by atoms with E-state index in [1.54, 1.807) is 0 Å². The van der Waals surface area contributed by atoms with Gasteiger partial charge in [-0.05, 0) is 132 Å². The molecule has 0 amide bonds. The van der Waals surface area contributed by atoms with Gasteiger partial charge in [-0.15, -0.1) is 0 Å². The SMILES string of the molecule is CC(C)(C)c1ccccc1-c1cc2c(c3c1oc1ccccc13)-c1ccc(N(c3ccc4c(c3)C(C)(C)c3c5c(c6oc7ccccc7c6c3-4)-c3ccccc3C5(C)C)c3cccc4ccccc34)cc1C2(C)C. The average molecular weight is 956 g/mol. The van der Waals surface area contributed by atoms with E-state index in [9.17, 15) is 0 Å². The van der Waals surface area contributed by atoms with Crippen LogP contribution in [-0.2, 0) is 21.7 Å². The third-order valence-corrected chi connectivity index (χ3v) is 17.7. The number of benzene rings is 10. The zero-order chi connectivity index (χ0) is 50.4. The van der Waals surface area contributed by atoms with Crippen molar-refractivity contribution in [3.63, 3.8) is 0 Å². The molecule has 3 aliphatic carbocycles. The van der Waals surface area contributed by atoms with Crippen molar-refractivity contribution in [3.05, 3.63) is 221 Å². The second-order valence-corrected chi connectivity index (χ2v) is 24.0. The first kappa shape index (κ1) is 43.4. The fraction of sp³-hybridized carbons (Fsp3) is 0.183. The molecule has 0 aliphatic heterocycles. The highest BCUT2D eigenvalue weighted by Crippen LogP contribution is 2.64. The first-order valence-corrected chi connectivity index (χ1v) is 26.4. The molecule has 0 saturated heterocycles. The molecule has 3 aliphatic rings. The van der Waals surface area contributed by atoms with Crippen molar-refractivity contribution >= 4 is 71.7 Å². The smallest absolute Gasteiger partial charge is 0.144 e. The predicted molar refractivity (Wildman–Crippen MR) is 310 cm³/mol. The first-order valence-electron chi connectivity index (χ1n) is 26.4. The number of hydrogen-bond donors (Lipinski definition) is 0. The van der Waals surface area contributed by atoms with E-state index in [1.165, 1.54) is 105 Å². The van der Waals surface area contributed by atoms with E-state index in [0.717, 1.165) is 50.3 Å². The number of furan rings is 2. The Morgan fingerprint density at radius 1 is 0.378 bits per heavy atom. The van der Waals surface area contributed by atoms with E-state index in [1.807, 2.05) is 0 Å². The van der Waals surface area contributed by atoms with E-state index in [2.05, 4.69) is 249 Å². The summed E-state index contributed by atoms with van der Waals surface area (Å²) in [4.78, 5) is 2.53. The van der Waals surface area contributed by atoms with Crippen LogP contribution in [0.2, 0.25) is 0 Å². The van der Waals surface area contributed by atoms with E-state index >= 15 is 0 Å². The minimum Gasteiger partial charge on any atom is -0.455 e. The third-order valence-electron chi connectivity index (χ3n) is 17.7. The summed E-state index contributed by atoms with van der Waals surface area (Å²) < 4.78 is 14.0. The van der Waals surface area contributed by atoms with Crippen molar-refractivity contribution < 1.29 is 8.83 Å². The second-order valence-electron chi connectivity index (χ2n) is 24.0. The molecule has 0 radical (unpaired) electrons. The molecule has 0 fully saturated rings. The summed E-state index contributed by atoms with van der Waals surface area (Å²) in [5, 5.41) is 7.15. The molecule has 2 aromatic heterocycles. The van der Waals surface area contributed by atoms with E-state index in [4.69, 9.17) is 8.83 Å².